The van der Waals surface area contributed by atoms with Crippen LogP contribution in [-0.4, -0.2) is 28.8 Å². The predicted molar refractivity (Wildman–Crippen MR) is 114 cm³/mol. The average molecular weight is 419 g/mol. The Kier molecular flexibility index (Phi) is 8.65. The number of benzene rings is 2. The summed E-state index contributed by atoms with van der Waals surface area (Å²) in [6.07, 6.45) is 1.36. The van der Waals surface area contributed by atoms with E-state index in [0.717, 1.165) is 12.0 Å². The first kappa shape index (κ1) is 22.9. The van der Waals surface area contributed by atoms with E-state index < -0.39 is 6.04 Å². The van der Waals surface area contributed by atoms with Crippen molar-refractivity contribution in [2.24, 2.45) is 0 Å². The number of carbonyl (C=O) groups excluding carboxylic acids is 2. The van der Waals surface area contributed by atoms with Crippen LogP contribution in [0, 0.1) is 5.82 Å². The van der Waals surface area contributed by atoms with Crippen LogP contribution in [0.5, 0.6) is 0 Å². The van der Waals surface area contributed by atoms with Gasteiger partial charge in [0.15, 0.2) is 0 Å². The second-order valence-electron chi connectivity index (χ2n) is 7.16. The van der Waals surface area contributed by atoms with E-state index in [0.29, 0.717) is 17.0 Å². The van der Waals surface area contributed by atoms with E-state index >= 15 is 0 Å². The molecule has 4 nitrogen and oxygen atoms in total. The molecule has 0 fully saturated rings. The topological polar surface area (TPSA) is 49.4 Å². The highest BCUT2D eigenvalue weighted by atomic mass is 35.5. The third-order valence-corrected chi connectivity index (χ3v) is 5.32. The molecule has 29 heavy (non-hydrogen) atoms. The molecule has 0 bridgehead atoms. The summed E-state index contributed by atoms with van der Waals surface area (Å²) in [5, 5.41) is 3.48. The smallest absolute Gasteiger partial charge is 0.243 e. The van der Waals surface area contributed by atoms with Crippen molar-refractivity contribution in [1.82, 2.24) is 10.2 Å². The quantitative estimate of drug-likeness (QED) is 0.639. The van der Waals surface area contributed by atoms with Crippen LogP contribution in [-0.2, 0) is 22.6 Å². The van der Waals surface area contributed by atoms with Gasteiger partial charge in [0, 0.05) is 17.6 Å². The number of halogens is 2. The van der Waals surface area contributed by atoms with Crippen molar-refractivity contribution in [3.8, 4) is 0 Å². The van der Waals surface area contributed by atoms with Crippen LogP contribution in [0.1, 0.15) is 44.7 Å². The van der Waals surface area contributed by atoms with Gasteiger partial charge in [-0.25, -0.2) is 4.39 Å². The Morgan fingerprint density at radius 3 is 2.31 bits per heavy atom. The van der Waals surface area contributed by atoms with E-state index in [4.69, 9.17) is 11.6 Å². The molecule has 0 saturated carbocycles. The molecule has 0 spiro atoms. The Balaban J connectivity index is 2.29. The van der Waals surface area contributed by atoms with Crippen LogP contribution in [0.2, 0.25) is 5.02 Å². The minimum Gasteiger partial charge on any atom is -0.352 e. The van der Waals surface area contributed by atoms with Crippen molar-refractivity contribution in [3.63, 3.8) is 0 Å². The normalized spacial score (nSPS) is 12.9. The van der Waals surface area contributed by atoms with Crippen molar-refractivity contribution in [2.45, 2.75) is 58.7 Å². The Morgan fingerprint density at radius 1 is 1.07 bits per heavy atom. The Hall–Kier alpha value is -2.40. The Labute approximate surface area is 177 Å². The standard InChI is InChI=1S/C23H28ClFN2O2/c1-4-16(3)26-23(29)21(5-2)27(15-17-10-12-19(25)13-11-17)22(28)14-18-8-6-7-9-20(18)24/h6-13,16,21H,4-5,14-15H2,1-3H3,(H,26,29)/t16-,21-/m0/s1. The molecule has 2 aromatic rings. The lowest BCUT2D eigenvalue weighted by atomic mass is 10.1. The summed E-state index contributed by atoms with van der Waals surface area (Å²) in [5.41, 5.74) is 1.47. The van der Waals surface area contributed by atoms with Gasteiger partial charge in [0.2, 0.25) is 11.8 Å². The molecule has 0 unspecified atom stereocenters. The summed E-state index contributed by atoms with van der Waals surface area (Å²) in [7, 11) is 0. The lowest BCUT2D eigenvalue weighted by molar-refractivity contribution is -0.141. The zero-order valence-corrected chi connectivity index (χ0v) is 17.9. The van der Waals surface area contributed by atoms with Gasteiger partial charge in [-0.05, 0) is 49.1 Å². The van der Waals surface area contributed by atoms with Gasteiger partial charge < -0.3 is 10.2 Å². The second kappa shape index (κ2) is 11.0. The first-order valence-electron chi connectivity index (χ1n) is 9.93. The summed E-state index contributed by atoms with van der Waals surface area (Å²) in [4.78, 5) is 27.6. The van der Waals surface area contributed by atoms with Crippen molar-refractivity contribution < 1.29 is 14.0 Å². The lowest BCUT2D eigenvalue weighted by Gasteiger charge is -2.31. The molecule has 0 radical (unpaired) electrons. The Morgan fingerprint density at radius 2 is 1.72 bits per heavy atom. The fourth-order valence-corrected chi connectivity index (χ4v) is 3.26. The molecule has 0 aliphatic heterocycles. The second-order valence-corrected chi connectivity index (χ2v) is 7.57. The molecule has 0 heterocycles. The molecule has 156 valence electrons. The summed E-state index contributed by atoms with van der Waals surface area (Å²) >= 11 is 6.22. The molecular formula is C23H28ClFN2O2. The molecule has 2 amide bonds. The van der Waals surface area contributed by atoms with E-state index in [1.807, 2.05) is 26.8 Å². The van der Waals surface area contributed by atoms with Gasteiger partial charge in [0.05, 0.1) is 6.42 Å². The highest BCUT2D eigenvalue weighted by molar-refractivity contribution is 6.31. The summed E-state index contributed by atoms with van der Waals surface area (Å²) in [6, 6.07) is 12.5. The maximum Gasteiger partial charge on any atom is 0.243 e. The first-order chi connectivity index (χ1) is 13.8. The number of hydrogen-bond donors (Lipinski definition) is 1. The zero-order chi connectivity index (χ0) is 21.4. The minimum atomic E-state index is -0.621. The lowest BCUT2D eigenvalue weighted by Crippen LogP contribution is -2.51. The monoisotopic (exact) mass is 418 g/mol. The van der Waals surface area contributed by atoms with Crippen LogP contribution in [0.3, 0.4) is 0 Å². The van der Waals surface area contributed by atoms with E-state index in [1.54, 1.807) is 35.2 Å². The van der Waals surface area contributed by atoms with Crippen LogP contribution in [0.4, 0.5) is 4.39 Å². The summed E-state index contributed by atoms with van der Waals surface area (Å²) < 4.78 is 13.3. The van der Waals surface area contributed by atoms with E-state index in [9.17, 15) is 14.0 Å². The van der Waals surface area contributed by atoms with Crippen LogP contribution in [0.15, 0.2) is 48.5 Å². The molecular weight excluding hydrogens is 391 g/mol. The highest BCUT2D eigenvalue weighted by Gasteiger charge is 2.29. The molecule has 1 N–H and O–H groups in total. The molecule has 2 rings (SSSR count). The van der Waals surface area contributed by atoms with Crippen molar-refractivity contribution in [1.29, 1.82) is 0 Å². The van der Waals surface area contributed by atoms with Crippen molar-refractivity contribution >= 4 is 23.4 Å². The van der Waals surface area contributed by atoms with Gasteiger partial charge in [0.1, 0.15) is 11.9 Å². The van der Waals surface area contributed by atoms with Crippen molar-refractivity contribution in [2.75, 3.05) is 0 Å². The van der Waals surface area contributed by atoms with Crippen LogP contribution in [0.25, 0.3) is 0 Å². The number of nitrogens with zero attached hydrogens (tertiary/aromatic N) is 1. The minimum absolute atomic E-state index is 0.0166. The van der Waals surface area contributed by atoms with E-state index in [2.05, 4.69) is 5.32 Å². The van der Waals surface area contributed by atoms with Crippen LogP contribution < -0.4 is 5.32 Å². The maximum atomic E-state index is 13.3. The molecule has 0 saturated heterocycles. The predicted octanol–water partition coefficient (Wildman–Crippen LogP) is 4.74. The maximum absolute atomic E-state index is 13.3. The molecule has 0 aliphatic carbocycles. The highest BCUT2D eigenvalue weighted by Crippen LogP contribution is 2.19. The Bertz CT molecular complexity index is 826. The van der Waals surface area contributed by atoms with Crippen LogP contribution >= 0.6 is 11.6 Å². The molecule has 0 aromatic heterocycles. The van der Waals surface area contributed by atoms with Gasteiger partial charge in [-0.1, -0.05) is 55.8 Å². The molecule has 2 aromatic carbocycles. The van der Waals surface area contributed by atoms with Crippen molar-refractivity contribution in [3.05, 3.63) is 70.5 Å². The summed E-state index contributed by atoms with van der Waals surface area (Å²) in [5.74, 6) is -0.728. The number of hydrogen-bond acceptors (Lipinski definition) is 2. The van der Waals surface area contributed by atoms with Gasteiger partial charge in [-0.3, -0.25) is 9.59 Å². The molecule has 0 aliphatic rings. The number of amides is 2. The third kappa shape index (κ3) is 6.57. The van der Waals surface area contributed by atoms with E-state index in [-0.39, 0.29) is 36.6 Å². The molecule has 6 heteroatoms. The summed E-state index contributed by atoms with van der Waals surface area (Å²) in [6.45, 7) is 6.02. The first-order valence-corrected chi connectivity index (χ1v) is 10.3. The van der Waals surface area contributed by atoms with Gasteiger partial charge in [0.25, 0.3) is 0 Å². The van der Waals surface area contributed by atoms with Gasteiger partial charge in [-0.2, -0.15) is 0 Å². The fourth-order valence-electron chi connectivity index (χ4n) is 3.05. The van der Waals surface area contributed by atoms with Gasteiger partial charge >= 0.3 is 0 Å². The third-order valence-electron chi connectivity index (χ3n) is 4.95. The fraction of sp³-hybridized carbons (Fsp3) is 0.391. The zero-order valence-electron chi connectivity index (χ0n) is 17.1. The molecule has 2 atom stereocenters. The average Bonchev–Trinajstić information content (AvgIpc) is 2.70. The number of carbonyl (C=O) groups is 2. The largest absolute Gasteiger partial charge is 0.352 e. The van der Waals surface area contributed by atoms with E-state index in [1.165, 1.54) is 12.1 Å². The number of rotatable bonds is 9. The SMILES string of the molecule is CC[C@H](C)NC(=O)[C@H](CC)N(Cc1ccc(F)cc1)C(=O)Cc1ccccc1Cl. The number of nitrogens with one attached hydrogen (secondary N) is 1. The van der Waals surface area contributed by atoms with Gasteiger partial charge in [-0.15, -0.1) is 0 Å².